The minimum absolute atomic E-state index is 0. The molecule has 0 amide bonds. The number of fused-ring (bicyclic) bond motifs is 2. The SMILES string of the molecule is Cc1nn(C)c2nc3ccccc3c(CNCCCN(C)C)c12.Cl. The predicted molar refractivity (Wildman–Crippen MR) is 103 cm³/mol. The Kier molecular flexibility index (Phi) is 6.15. The topological polar surface area (TPSA) is 46.0 Å². The van der Waals surface area contributed by atoms with Gasteiger partial charge in [-0.15, -0.1) is 12.4 Å². The third-order valence-corrected chi connectivity index (χ3v) is 4.21. The van der Waals surface area contributed by atoms with Crippen molar-refractivity contribution in [1.82, 2.24) is 25.0 Å². The minimum atomic E-state index is 0. The molecule has 0 radical (unpaired) electrons. The molecule has 3 rings (SSSR count). The van der Waals surface area contributed by atoms with E-state index in [2.05, 4.69) is 54.5 Å². The Bertz CT molecular complexity index is 825. The van der Waals surface area contributed by atoms with Gasteiger partial charge in [-0.3, -0.25) is 4.68 Å². The second kappa shape index (κ2) is 7.92. The smallest absolute Gasteiger partial charge is 0.158 e. The van der Waals surface area contributed by atoms with Crippen molar-refractivity contribution in [1.29, 1.82) is 0 Å². The molecule has 5 nitrogen and oxygen atoms in total. The number of rotatable bonds is 6. The van der Waals surface area contributed by atoms with Gasteiger partial charge in [0.15, 0.2) is 5.65 Å². The molecule has 0 unspecified atom stereocenters. The van der Waals surface area contributed by atoms with Gasteiger partial charge >= 0.3 is 0 Å². The van der Waals surface area contributed by atoms with Crippen molar-refractivity contribution in [3.05, 3.63) is 35.5 Å². The van der Waals surface area contributed by atoms with Crippen LogP contribution in [0.15, 0.2) is 24.3 Å². The largest absolute Gasteiger partial charge is 0.313 e. The molecule has 130 valence electrons. The van der Waals surface area contributed by atoms with Gasteiger partial charge in [0, 0.05) is 24.4 Å². The third kappa shape index (κ3) is 3.69. The molecule has 2 heterocycles. The van der Waals surface area contributed by atoms with Crippen LogP contribution < -0.4 is 5.32 Å². The van der Waals surface area contributed by atoms with E-state index < -0.39 is 0 Å². The van der Waals surface area contributed by atoms with E-state index in [0.29, 0.717) is 0 Å². The van der Waals surface area contributed by atoms with Gasteiger partial charge in [-0.2, -0.15) is 5.10 Å². The van der Waals surface area contributed by atoms with Crippen molar-refractivity contribution < 1.29 is 0 Å². The van der Waals surface area contributed by atoms with E-state index in [1.807, 2.05) is 17.8 Å². The molecule has 0 fully saturated rings. The summed E-state index contributed by atoms with van der Waals surface area (Å²) in [7, 11) is 6.18. The van der Waals surface area contributed by atoms with Crippen LogP contribution in [0.25, 0.3) is 21.9 Å². The van der Waals surface area contributed by atoms with Gasteiger partial charge in [0.1, 0.15) is 0 Å². The number of nitrogens with zero attached hydrogens (tertiary/aromatic N) is 4. The summed E-state index contributed by atoms with van der Waals surface area (Å²) in [5.41, 5.74) is 4.35. The molecule has 1 aromatic carbocycles. The molecule has 3 aromatic rings. The lowest BCUT2D eigenvalue weighted by atomic mass is 10.0. The van der Waals surface area contributed by atoms with Gasteiger partial charge in [-0.1, -0.05) is 18.2 Å². The summed E-state index contributed by atoms with van der Waals surface area (Å²) in [6, 6.07) is 8.35. The number of nitrogens with one attached hydrogen (secondary N) is 1. The van der Waals surface area contributed by atoms with Crippen molar-refractivity contribution >= 4 is 34.3 Å². The van der Waals surface area contributed by atoms with E-state index >= 15 is 0 Å². The lowest BCUT2D eigenvalue weighted by molar-refractivity contribution is 0.394. The molecule has 0 atom stereocenters. The summed E-state index contributed by atoms with van der Waals surface area (Å²) < 4.78 is 1.88. The number of hydrogen-bond acceptors (Lipinski definition) is 4. The molecule has 0 bridgehead atoms. The van der Waals surface area contributed by atoms with Crippen molar-refractivity contribution in [2.75, 3.05) is 27.2 Å². The first-order valence-electron chi connectivity index (χ1n) is 8.14. The van der Waals surface area contributed by atoms with Crippen LogP contribution in [0.2, 0.25) is 0 Å². The number of benzene rings is 1. The maximum Gasteiger partial charge on any atom is 0.158 e. The Morgan fingerprint density at radius 1 is 1.21 bits per heavy atom. The molecule has 0 spiro atoms. The fraction of sp³-hybridized carbons (Fsp3) is 0.444. The number of aryl methyl sites for hydroxylation is 2. The summed E-state index contributed by atoms with van der Waals surface area (Å²) in [5.74, 6) is 0. The maximum absolute atomic E-state index is 4.79. The molecule has 6 heteroatoms. The lowest BCUT2D eigenvalue weighted by Crippen LogP contribution is -2.21. The fourth-order valence-corrected chi connectivity index (χ4v) is 3.12. The highest BCUT2D eigenvalue weighted by molar-refractivity contribution is 5.97. The van der Waals surface area contributed by atoms with E-state index in [9.17, 15) is 0 Å². The molecule has 24 heavy (non-hydrogen) atoms. The van der Waals surface area contributed by atoms with Gasteiger partial charge in [0.2, 0.25) is 0 Å². The van der Waals surface area contributed by atoms with Crippen LogP contribution in [-0.4, -0.2) is 46.8 Å². The molecule has 0 aliphatic rings. The Morgan fingerprint density at radius 3 is 2.71 bits per heavy atom. The highest BCUT2D eigenvalue weighted by Gasteiger charge is 2.14. The summed E-state index contributed by atoms with van der Waals surface area (Å²) in [6.07, 6.45) is 1.14. The summed E-state index contributed by atoms with van der Waals surface area (Å²) in [6.45, 7) is 5.02. The first kappa shape index (κ1) is 18.6. The summed E-state index contributed by atoms with van der Waals surface area (Å²) in [5, 5.41) is 10.6. The summed E-state index contributed by atoms with van der Waals surface area (Å²) in [4.78, 5) is 7.01. The number of para-hydroxylation sites is 1. The zero-order chi connectivity index (χ0) is 16.4. The minimum Gasteiger partial charge on any atom is -0.313 e. The quantitative estimate of drug-likeness (QED) is 0.696. The Balaban J connectivity index is 0.00000208. The Morgan fingerprint density at radius 2 is 1.96 bits per heavy atom. The van der Waals surface area contributed by atoms with Crippen LogP contribution >= 0.6 is 12.4 Å². The van der Waals surface area contributed by atoms with Crippen molar-refractivity contribution in [3.8, 4) is 0 Å². The highest BCUT2D eigenvalue weighted by Crippen LogP contribution is 2.27. The zero-order valence-electron chi connectivity index (χ0n) is 14.8. The van der Waals surface area contributed by atoms with Crippen LogP contribution in [0.4, 0.5) is 0 Å². The van der Waals surface area contributed by atoms with Gasteiger partial charge < -0.3 is 10.2 Å². The fourth-order valence-electron chi connectivity index (χ4n) is 3.12. The number of aromatic nitrogens is 3. The number of pyridine rings is 1. The van der Waals surface area contributed by atoms with Crippen LogP contribution in [-0.2, 0) is 13.6 Å². The second-order valence-electron chi connectivity index (χ2n) is 6.35. The van der Waals surface area contributed by atoms with Crippen LogP contribution in [0, 0.1) is 6.92 Å². The summed E-state index contributed by atoms with van der Waals surface area (Å²) >= 11 is 0. The number of halogens is 1. The van der Waals surface area contributed by atoms with E-state index in [0.717, 1.165) is 42.9 Å². The van der Waals surface area contributed by atoms with E-state index in [-0.39, 0.29) is 12.4 Å². The van der Waals surface area contributed by atoms with Crippen LogP contribution in [0.1, 0.15) is 17.7 Å². The Hall–Kier alpha value is -1.69. The van der Waals surface area contributed by atoms with Crippen molar-refractivity contribution in [2.24, 2.45) is 7.05 Å². The predicted octanol–water partition coefficient (Wildman–Crippen LogP) is 2.89. The van der Waals surface area contributed by atoms with E-state index in [1.165, 1.54) is 16.3 Å². The molecule has 2 aromatic heterocycles. The third-order valence-electron chi connectivity index (χ3n) is 4.21. The zero-order valence-corrected chi connectivity index (χ0v) is 15.7. The molecular formula is C18H26ClN5. The lowest BCUT2D eigenvalue weighted by Gasteiger charge is -2.12. The molecular weight excluding hydrogens is 322 g/mol. The maximum atomic E-state index is 4.79. The average Bonchev–Trinajstić information content (AvgIpc) is 2.80. The molecule has 0 aliphatic carbocycles. The average molecular weight is 348 g/mol. The van der Waals surface area contributed by atoms with Crippen LogP contribution in [0.3, 0.4) is 0 Å². The van der Waals surface area contributed by atoms with Crippen LogP contribution in [0.5, 0.6) is 0 Å². The van der Waals surface area contributed by atoms with Crippen molar-refractivity contribution in [3.63, 3.8) is 0 Å². The van der Waals surface area contributed by atoms with E-state index in [4.69, 9.17) is 4.98 Å². The monoisotopic (exact) mass is 347 g/mol. The first-order chi connectivity index (χ1) is 11.1. The van der Waals surface area contributed by atoms with Crippen molar-refractivity contribution in [2.45, 2.75) is 19.9 Å². The molecule has 1 N–H and O–H groups in total. The number of hydrogen-bond donors (Lipinski definition) is 1. The van der Waals surface area contributed by atoms with E-state index in [1.54, 1.807) is 0 Å². The molecule has 0 saturated carbocycles. The molecule has 0 saturated heterocycles. The van der Waals surface area contributed by atoms with Gasteiger partial charge in [-0.25, -0.2) is 4.98 Å². The van der Waals surface area contributed by atoms with Gasteiger partial charge in [0.05, 0.1) is 11.2 Å². The second-order valence-corrected chi connectivity index (χ2v) is 6.35. The Labute approximate surface area is 149 Å². The van der Waals surface area contributed by atoms with Gasteiger partial charge in [-0.05, 0) is 52.2 Å². The standard InChI is InChI=1S/C18H25N5.ClH/c1-13-17-15(12-19-10-7-11-22(2)3)14-8-5-6-9-16(14)20-18(17)23(4)21-13;/h5-6,8-9,19H,7,10-12H2,1-4H3;1H. The normalized spacial score (nSPS) is 11.4. The highest BCUT2D eigenvalue weighted by atomic mass is 35.5. The van der Waals surface area contributed by atoms with Gasteiger partial charge in [0.25, 0.3) is 0 Å². The molecule has 0 aliphatic heterocycles. The first-order valence-corrected chi connectivity index (χ1v) is 8.14.